The minimum atomic E-state index is 0.215. The van der Waals surface area contributed by atoms with Crippen molar-refractivity contribution in [3.63, 3.8) is 0 Å². The SMILES string of the molecule is CCCCCCCOC(CI)c1ccccc1Br. The molecule has 3 heteroatoms. The number of rotatable bonds is 9. The van der Waals surface area contributed by atoms with Gasteiger partial charge in [-0.2, -0.15) is 0 Å². The highest BCUT2D eigenvalue weighted by atomic mass is 127. The average molecular weight is 425 g/mol. The standard InChI is InChI=1S/C15H22BrIO/c1-2-3-4-5-8-11-18-15(12-17)13-9-6-7-10-14(13)16/h6-7,9-10,15H,2-5,8,11-12H2,1H3. The maximum atomic E-state index is 6.00. The summed E-state index contributed by atoms with van der Waals surface area (Å²) in [7, 11) is 0. The first-order valence-electron chi connectivity index (χ1n) is 6.71. The van der Waals surface area contributed by atoms with Crippen LogP contribution < -0.4 is 0 Å². The summed E-state index contributed by atoms with van der Waals surface area (Å²) in [5, 5.41) is 0. The number of alkyl halides is 1. The first kappa shape index (κ1) is 16.4. The normalized spacial score (nSPS) is 12.6. The second-order valence-electron chi connectivity index (χ2n) is 4.45. The van der Waals surface area contributed by atoms with Crippen LogP contribution in [0.5, 0.6) is 0 Å². The Labute approximate surface area is 133 Å². The summed E-state index contributed by atoms with van der Waals surface area (Å²) in [5.74, 6) is 0. The maximum absolute atomic E-state index is 6.00. The van der Waals surface area contributed by atoms with Crippen LogP contribution in [0.2, 0.25) is 0 Å². The first-order chi connectivity index (χ1) is 8.79. The highest BCUT2D eigenvalue weighted by molar-refractivity contribution is 14.1. The van der Waals surface area contributed by atoms with Crippen LogP contribution in [0.15, 0.2) is 28.7 Å². The van der Waals surface area contributed by atoms with Crippen LogP contribution in [0.1, 0.15) is 50.7 Å². The summed E-state index contributed by atoms with van der Waals surface area (Å²) < 4.78 is 8.15. The molecule has 102 valence electrons. The van der Waals surface area contributed by atoms with Crippen LogP contribution in [0, 0.1) is 0 Å². The van der Waals surface area contributed by atoms with Crippen LogP contribution in [0.3, 0.4) is 0 Å². The lowest BCUT2D eigenvalue weighted by atomic mass is 10.1. The molecular formula is C15H22BrIO. The van der Waals surface area contributed by atoms with Gasteiger partial charge in [0.05, 0.1) is 6.10 Å². The quantitative estimate of drug-likeness (QED) is 0.272. The number of hydrogen-bond acceptors (Lipinski definition) is 1. The summed E-state index contributed by atoms with van der Waals surface area (Å²) in [6.45, 7) is 3.12. The summed E-state index contributed by atoms with van der Waals surface area (Å²) in [6, 6.07) is 8.34. The lowest BCUT2D eigenvalue weighted by Gasteiger charge is -2.17. The van der Waals surface area contributed by atoms with Gasteiger partial charge in [0.25, 0.3) is 0 Å². The molecule has 18 heavy (non-hydrogen) atoms. The molecule has 1 rings (SSSR count). The van der Waals surface area contributed by atoms with Gasteiger partial charge in [-0.15, -0.1) is 0 Å². The molecule has 0 saturated carbocycles. The van der Waals surface area contributed by atoms with E-state index in [0.29, 0.717) is 0 Å². The third-order valence-electron chi connectivity index (χ3n) is 2.96. The van der Waals surface area contributed by atoms with Crippen LogP contribution in [-0.4, -0.2) is 11.0 Å². The van der Waals surface area contributed by atoms with E-state index in [1.54, 1.807) is 0 Å². The average Bonchev–Trinajstić information content (AvgIpc) is 2.39. The Kier molecular flexibility index (Phi) is 9.33. The van der Waals surface area contributed by atoms with Gasteiger partial charge < -0.3 is 4.74 Å². The summed E-state index contributed by atoms with van der Waals surface area (Å²) in [5.41, 5.74) is 1.26. The van der Waals surface area contributed by atoms with Gasteiger partial charge in [-0.1, -0.05) is 89.3 Å². The number of unbranched alkanes of at least 4 members (excludes halogenated alkanes) is 4. The highest BCUT2D eigenvalue weighted by Crippen LogP contribution is 2.27. The Morgan fingerprint density at radius 2 is 1.89 bits per heavy atom. The van der Waals surface area contributed by atoms with Crippen molar-refractivity contribution in [1.82, 2.24) is 0 Å². The number of hydrogen-bond donors (Lipinski definition) is 0. The zero-order chi connectivity index (χ0) is 13.2. The van der Waals surface area contributed by atoms with Crippen molar-refractivity contribution >= 4 is 38.5 Å². The number of ether oxygens (including phenoxy) is 1. The second kappa shape index (κ2) is 10.2. The van der Waals surface area contributed by atoms with Crippen molar-refractivity contribution in [2.24, 2.45) is 0 Å². The van der Waals surface area contributed by atoms with E-state index >= 15 is 0 Å². The fourth-order valence-corrected chi connectivity index (χ4v) is 3.15. The van der Waals surface area contributed by atoms with Crippen molar-refractivity contribution in [2.75, 3.05) is 11.0 Å². The lowest BCUT2D eigenvalue weighted by molar-refractivity contribution is 0.0674. The van der Waals surface area contributed by atoms with E-state index in [4.69, 9.17) is 4.74 Å². The molecular weight excluding hydrogens is 403 g/mol. The van der Waals surface area contributed by atoms with Gasteiger partial charge in [0, 0.05) is 15.5 Å². The Morgan fingerprint density at radius 1 is 1.17 bits per heavy atom. The molecule has 1 nitrogen and oxygen atoms in total. The molecule has 0 aromatic heterocycles. The zero-order valence-corrected chi connectivity index (χ0v) is 14.7. The van der Waals surface area contributed by atoms with E-state index < -0.39 is 0 Å². The molecule has 1 atom stereocenters. The summed E-state index contributed by atoms with van der Waals surface area (Å²) >= 11 is 6.00. The smallest absolute Gasteiger partial charge is 0.0925 e. The van der Waals surface area contributed by atoms with E-state index in [2.05, 4.69) is 63.6 Å². The molecule has 0 aliphatic carbocycles. The molecule has 0 bridgehead atoms. The Hall–Kier alpha value is 0.390. The second-order valence-corrected chi connectivity index (χ2v) is 6.18. The molecule has 0 amide bonds. The van der Waals surface area contributed by atoms with Crippen LogP contribution in [-0.2, 0) is 4.74 Å². The van der Waals surface area contributed by atoms with Crippen molar-refractivity contribution in [2.45, 2.75) is 45.1 Å². The van der Waals surface area contributed by atoms with E-state index in [1.165, 1.54) is 37.7 Å². The molecule has 1 aromatic rings. The van der Waals surface area contributed by atoms with Crippen LogP contribution in [0.4, 0.5) is 0 Å². The molecule has 1 unspecified atom stereocenters. The third-order valence-corrected chi connectivity index (χ3v) is 4.48. The summed E-state index contributed by atoms with van der Waals surface area (Å²) in [4.78, 5) is 0. The number of benzene rings is 1. The Bertz CT molecular complexity index is 330. The molecule has 0 aliphatic heterocycles. The summed E-state index contributed by atoms with van der Waals surface area (Å²) in [6.07, 6.45) is 6.67. The van der Waals surface area contributed by atoms with E-state index in [9.17, 15) is 0 Å². The van der Waals surface area contributed by atoms with Gasteiger partial charge in [-0.05, 0) is 18.1 Å². The van der Waals surface area contributed by atoms with Gasteiger partial charge in [-0.25, -0.2) is 0 Å². The minimum absolute atomic E-state index is 0.215. The molecule has 0 heterocycles. The maximum Gasteiger partial charge on any atom is 0.0925 e. The number of halogens is 2. The van der Waals surface area contributed by atoms with Gasteiger partial charge in [-0.3, -0.25) is 0 Å². The Balaban J connectivity index is 2.32. The van der Waals surface area contributed by atoms with Gasteiger partial charge in [0.1, 0.15) is 0 Å². The van der Waals surface area contributed by atoms with Crippen molar-refractivity contribution in [3.8, 4) is 0 Å². The molecule has 0 fully saturated rings. The van der Waals surface area contributed by atoms with Gasteiger partial charge in [0.15, 0.2) is 0 Å². The molecule has 1 aromatic carbocycles. The fourth-order valence-electron chi connectivity index (χ4n) is 1.88. The minimum Gasteiger partial charge on any atom is -0.373 e. The topological polar surface area (TPSA) is 9.23 Å². The van der Waals surface area contributed by atoms with Crippen LogP contribution >= 0.6 is 38.5 Å². The molecule has 0 aliphatic rings. The highest BCUT2D eigenvalue weighted by Gasteiger charge is 2.12. The molecule has 0 radical (unpaired) electrons. The third kappa shape index (κ3) is 6.02. The molecule has 0 N–H and O–H groups in total. The monoisotopic (exact) mass is 424 g/mol. The van der Waals surface area contributed by atoms with E-state index in [0.717, 1.165) is 15.5 Å². The van der Waals surface area contributed by atoms with Gasteiger partial charge in [0.2, 0.25) is 0 Å². The fraction of sp³-hybridized carbons (Fsp3) is 0.600. The first-order valence-corrected chi connectivity index (χ1v) is 9.03. The van der Waals surface area contributed by atoms with Crippen LogP contribution in [0.25, 0.3) is 0 Å². The van der Waals surface area contributed by atoms with Crippen molar-refractivity contribution in [3.05, 3.63) is 34.3 Å². The zero-order valence-electron chi connectivity index (χ0n) is 11.0. The Morgan fingerprint density at radius 3 is 2.56 bits per heavy atom. The van der Waals surface area contributed by atoms with E-state index in [1.807, 2.05) is 6.07 Å². The largest absolute Gasteiger partial charge is 0.373 e. The van der Waals surface area contributed by atoms with Gasteiger partial charge >= 0.3 is 0 Å². The predicted octanol–water partition coefficient (Wildman–Crippen LogP) is 5.91. The van der Waals surface area contributed by atoms with E-state index in [-0.39, 0.29) is 6.10 Å². The van der Waals surface area contributed by atoms with Crippen molar-refractivity contribution < 1.29 is 4.74 Å². The molecule has 0 spiro atoms. The molecule has 0 saturated heterocycles. The lowest BCUT2D eigenvalue weighted by Crippen LogP contribution is -2.07. The predicted molar refractivity (Wildman–Crippen MR) is 90.5 cm³/mol. The van der Waals surface area contributed by atoms with Crippen molar-refractivity contribution in [1.29, 1.82) is 0 Å².